The smallest absolute Gasteiger partial charge is 0.267 e. The van der Waals surface area contributed by atoms with E-state index >= 15 is 0 Å². The van der Waals surface area contributed by atoms with E-state index in [-0.39, 0.29) is 11.0 Å². The second kappa shape index (κ2) is 6.18. The zero-order valence-corrected chi connectivity index (χ0v) is 15.7. The first-order chi connectivity index (χ1) is 12.4. The maximum atomic E-state index is 12.9. The Hall–Kier alpha value is -2.79. The van der Waals surface area contributed by atoms with Gasteiger partial charge in [0, 0.05) is 5.56 Å². The second-order valence-electron chi connectivity index (χ2n) is 7.30. The van der Waals surface area contributed by atoms with Crippen LogP contribution in [0.5, 0.6) is 0 Å². The fourth-order valence-electron chi connectivity index (χ4n) is 2.87. The van der Waals surface area contributed by atoms with Crippen molar-refractivity contribution in [3.8, 4) is 11.4 Å². The normalized spacial score (nSPS) is 12.8. The summed E-state index contributed by atoms with van der Waals surface area (Å²) in [6.07, 6.45) is 1.92. The highest BCUT2D eigenvalue weighted by Crippen LogP contribution is 2.22. The summed E-state index contributed by atoms with van der Waals surface area (Å²) in [6.45, 7) is 6.57. The third kappa shape index (κ3) is 2.95. The van der Waals surface area contributed by atoms with Crippen LogP contribution in [0.2, 0.25) is 0 Å². The number of thiazole rings is 1. The molecule has 0 N–H and O–H groups in total. The molecule has 0 aliphatic heterocycles. The van der Waals surface area contributed by atoms with Gasteiger partial charge >= 0.3 is 0 Å². The predicted octanol–water partition coefficient (Wildman–Crippen LogP) is 3.66. The summed E-state index contributed by atoms with van der Waals surface area (Å²) < 4.78 is 2.26. The van der Waals surface area contributed by atoms with Crippen LogP contribution in [0.1, 0.15) is 31.9 Å². The van der Waals surface area contributed by atoms with Crippen molar-refractivity contribution in [3.63, 3.8) is 0 Å². The van der Waals surface area contributed by atoms with E-state index in [0.29, 0.717) is 15.3 Å². The summed E-state index contributed by atoms with van der Waals surface area (Å²) >= 11 is 1.37. The Morgan fingerprint density at radius 1 is 0.962 bits per heavy atom. The summed E-state index contributed by atoms with van der Waals surface area (Å²) in [4.78, 5) is 13.5. The average molecular weight is 361 g/mol. The van der Waals surface area contributed by atoms with Gasteiger partial charge in [0.15, 0.2) is 5.82 Å². The van der Waals surface area contributed by atoms with E-state index in [9.17, 15) is 4.79 Å². The van der Waals surface area contributed by atoms with Crippen LogP contribution < -0.4 is 10.1 Å². The van der Waals surface area contributed by atoms with Crippen LogP contribution in [0.3, 0.4) is 0 Å². The summed E-state index contributed by atoms with van der Waals surface area (Å²) in [5.74, 6) is 0.588. The van der Waals surface area contributed by atoms with Crippen molar-refractivity contribution in [2.24, 2.45) is 0 Å². The monoisotopic (exact) mass is 361 g/mol. The molecule has 0 unspecified atom stereocenters. The van der Waals surface area contributed by atoms with E-state index in [2.05, 4.69) is 55.2 Å². The van der Waals surface area contributed by atoms with Crippen LogP contribution in [-0.4, -0.2) is 14.6 Å². The number of rotatable bonds is 2. The first-order valence-electron chi connectivity index (χ1n) is 8.49. The van der Waals surface area contributed by atoms with Gasteiger partial charge in [-0.05, 0) is 22.6 Å². The lowest BCUT2D eigenvalue weighted by Crippen LogP contribution is -2.23. The standard InChI is InChI=1S/C21H19N3OS/c1-21(2,3)16-11-9-14(10-12-16)13-17-19(25)24-18(22-23-20(24)26-17)15-7-5-4-6-8-15/h4-13H,1-3H3/b17-13-. The molecule has 0 atom stereocenters. The Balaban J connectivity index is 1.81. The molecule has 4 nitrogen and oxygen atoms in total. The highest BCUT2D eigenvalue weighted by atomic mass is 32.1. The molecule has 4 rings (SSSR count). The first-order valence-corrected chi connectivity index (χ1v) is 9.31. The van der Waals surface area contributed by atoms with E-state index in [1.54, 1.807) is 4.40 Å². The van der Waals surface area contributed by atoms with Gasteiger partial charge in [-0.1, -0.05) is 86.7 Å². The Morgan fingerprint density at radius 2 is 1.65 bits per heavy atom. The van der Waals surface area contributed by atoms with Gasteiger partial charge in [-0.2, -0.15) is 0 Å². The van der Waals surface area contributed by atoms with Crippen LogP contribution in [0, 0.1) is 0 Å². The maximum absolute atomic E-state index is 12.9. The molecule has 26 heavy (non-hydrogen) atoms. The van der Waals surface area contributed by atoms with Crippen molar-refractivity contribution in [1.29, 1.82) is 0 Å². The van der Waals surface area contributed by atoms with Crippen LogP contribution >= 0.6 is 11.3 Å². The van der Waals surface area contributed by atoms with Crippen molar-refractivity contribution in [2.75, 3.05) is 0 Å². The van der Waals surface area contributed by atoms with Crippen molar-refractivity contribution < 1.29 is 0 Å². The first kappa shape index (κ1) is 16.7. The van der Waals surface area contributed by atoms with Crippen molar-refractivity contribution in [1.82, 2.24) is 14.6 Å². The number of nitrogens with zero attached hydrogens (tertiary/aromatic N) is 3. The van der Waals surface area contributed by atoms with E-state index < -0.39 is 0 Å². The lowest BCUT2D eigenvalue weighted by Gasteiger charge is -2.18. The maximum Gasteiger partial charge on any atom is 0.276 e. The molecule has 5 heteroatoms. The molecule has 2 aromatic heterocycles. The van der Waals surface area contributed by atoms with Gasteiger partial charge in [-0.3, -0.25) is 4.79 Å². The van der Waals surface area contributed by atoms with Gasteiger partial charge in [0.1, 0.15) is 0 Å². The largest absolute Gasteiger partial charge is 0.276 e. The fourth-order valence-corrected chi connectivity index (χ4v) is 3.78. The lowest BCUT2D eigenvalue weighted by atomic mass is 9.87. The van der Waals surface area contributed by atoms with Crippen molar-refractivity contribution >= 4 is 22.4 Å². The quantitative estimate of drug-likeness (QED) is 0.547. The van der Waals surface area contributed by atoms with E-state index in [1.165, 1.54) is 16.9 Å². The molecule has 0 radical (unpaired) electrons. The highest BCUT2D eigenvalue weighted by Gasteiger charge is 2.14. The molecule has 2 heterocycles. The van der Waals surface area contributed by atoms with E-state index in [0.717, 1.165) is 11.1 Å². The molecule has 0 bridgehead atoms. The molecule has 0 aliphatic carbocycles. The Kier molecular flexibility index (Phi) is 3.96. The third-order valence-corrected chi connectivity index (χ3v) is 5.31. The van der Waals surface area contributed by atoms with Crippen LogP contribution in [-0.2, 0) is 5.41 Å². The minimum atomic E-state index is -0.0752. The highest BCUT2D eigenvalue weighted by molar-refractivity contribution is 7.15. The molecule has 2 aromatic carbocycles. The molecule has 0 saturated carbocycles. The Morgan fingerprint density at radius 3 is 2.31 bits per heavy atom. The molecular formula is C21H19N3OS. The van der Waals surface area contributed by atoms with Gasteiger partial charge < -0.3 is 0 Å². The zero-order chi connectivity index (χ0) is 18.3. The summed E-state index contributed by atoms with van der Waals surface area (Å²) in [6, 6.07) is 18.0. The fraction of sp³-hybridized carbons (Fsp3) is 0.190. The number of hydrogen-bond donors (Lipinski definition) is 0. The molecule has 0 aliphatic rings. The van der Waals surface area contributed by atoms with Crippen LogP contribution in [0.25, 0.3) is 22.4 Å². The van der Waals surface area contributed by atoms with Crippen LogP contribution in [0.4, 0.5) is 0 Å². The number of fused-ring (bicyclic) bond motifs is 1. The van der Waals surface area contributed by atoms with Gasteiger partial charge in [-0.15, -0.1) is 10.2 Å². The number of benzene rings is 2. The van der Waals surface area contributed by atoms with E-state index in [4.69, 9.17) is 0 Å². The molecule has 130 valence electrons. The molecule has 4 aromatic rings. The molecule has 0 amide bonds. The van der Waals surface area contributed by atoms with Crippen LogP contribution in [0.15, 0.2) is 59.4 Å². The predicted molar refractivity (Wildman–Crippen MR) is 106 cm³/mol. The zero-order valence-electron chi connectivity index (χ0n) is 14.9. The summed E-state index contributed by atoms with van der Waals surface area (Å²) in [5.41, 5.74) is 3.20. The SMILES string of the molecule is CC(C)(C)c1ccc(/C=c2\sc3nnc(-c4ccccc4)n3c2=O)cc1. The number of aromatic nitrogens is 3. The summed E-state index contributed by atoms with van der Waals surface area (Å²) in [5, 5.41) is 8.36. The Labute approximate surface area is 155 Å². The third-order valence-electron chi connectivity index (χ3n) is 4.35. The van der Waals surface area contributed by atoms with Gasteiger partial charge in [0.2, 0.25) is 4.96 Å². The van der Waals surface area contributed by atoms with Gasteiger partial charge in [0.25, 0.3) is 5.56 Å². The van der Waals surface area contributed by atoms with Gasteiger partial charge in [-0.25, -0.2) is 4.40 Å². The Bertz CT molecular complexity index is 1170. The average Bonchev–Trinajstić information content (AvgIpc) is 3.16. The van der Waals surface area contributed by atoms with Crippen molar-refractivity contribution in [3.05, 3.63) is 80.6 Å². The topological polar surface area (TPSA) is 47.3 Å². The van der Waals surface area contributed by atoms with Gasteiger partial charge in [0.05, 0.1) is 4.53 Å². The minimum Gasteiger partial charge on any atom is -0.267 e. The summed E-state index contributed by atoms with van der Waals surface area (Å²) in [7, 11) is 0. The minimum absolute atomic E-state index is 0.0752. The lowest BCUT2D eigenvalue weighted by molar-refractivity contribution is 0.590. The molecule has 0 spiro atoms. The second-order valence-corrected chi connectivity index (χ2v) is 8.30. The molecular weight excluding hydrogens is 342 g/mol. The molecule has 0 fully saturated rings. The number of hydrogen-bond acceptors (Lipinski definition) is 4. The van der Waals surface area contributed by atoms with Crippen molar-refractivity contribution in [2.45, 2.75) is 26.2 Å². The molecule has 0 saturated heterocycles. The van der Waals surface area contributed by atoms with E-state index in [1.807, 2.05) is 36.4 Å².